The molecule has 33 heavy (non-hydrogen) atoms. The quantitative estimate of drug-likeness (QED) is 0.384. The van der Waals surface area contributed by atoms with Crippen LogP contribution in [0.5, 0.6) is 0 Å². The highest BCUT2D eigenvalue weighted by Crippen LogP contribution is 2.35. The van der Waals surface area contributed by atoms with Crippen molar-refractivity contribution in [2.45, 2.75) is 18.3 Å². The van der Waals surface area contributed by atoms with Gasteiger partial charge in [0, 0.05) is 11.9 Å². The van der Waals surface area contributed by atoms with Gasteiger partial charge in [0.1, 0.15) is 5.69 Å². The minimum atomic E-state index is -4.57. The Morgan fingerprint density at radius 3 is 2.42 bits per heavy atom. The van der Waals surface area contributed by atoms with Crippen molar-refractivity contribution < 1.29 is 18.0 Å². The van der Waals surface area contributed by atoms with Crippen LogP contribution in [0.2, 0.25) is 0 Å². The summed E-state index contributed by atoms with van der Waals surface area (Å²) in [4.78, 5) is 16.8. The van der Waals surface area contributed by atoms with Crippen LogP contribution in [-0.2, 0) is 11.0 Å². The molecule has 2 aromatic carbocycles. The number of aryl methyl sites for hydroxylation is 1. The van der Waals surface area contributed by atoms with Crippen LogP contribution in [0.4, 0.5) is 18.9 Å². The molecule has 4 rings (SSSR count). The number of hydrogen-bond acceptors (Lipinski definition) is 5. The number of aromatic nitrogens is 4. The summed E-state index contributed by atoms with van der Waals surface area (Å²) in [7, 11) is 0. The van der Waals surface area contributed by atoms with Crippen LogP contribution >= 0.6 is 11.8 Å². The summed E-state index contributed by atoms with van der Waals surface area (Å²) in [6.45, 7) is 1.97. The Balaban J connectivity index is 1.58. The minimum Gasteiger partial charge on any atom is -0.325 e. The Hall–Kier alpha value is -3.66. The van der Waals surface area contributed by atoms with Crippen molar-refractivity contribution in [1.29, 1.82) is 0 Å². The molecule has 1 N–H and O–H groups in total. The van der Waals surface area contributed by atoms with Gasteiger partial charge in [-0.2, -0.15) is 13.2 Å². The van der Waals surface area contributed by atoms with Crippen molar-refractivity contribution in [3.8, 4) is 17.2 Å². The topological polar surface area (TPSA) is 72.7 Å². The van der Waals surface area contributed by atoms with Crippen LogP contribution in [0.25, 0.3) is 17.2 Å². The molecule has 0 aliphatic carbocycles. The number of alkyl halides is 3. The maximum Gasteiger partial charge on any atom is 0.418 e. The summed E-state index contributed by atoms with van der Waals surface area (Å²) in [5.74, 6) is -0.252. The molecule has 2 aromatic heterocycles. The molecule has 0 bridgehead atoms. The number of pyridine rings is 1. The molecule has 2 heterocycles. The van der Waals surface area contributed by atoms with Gasteiger partial charge in [-0.25, -0.2) is 0 Å². The van der Waals surface area contributed by atoms with E-state index in [1.165, 1.54) is 18.2 Å². The van der Waals surface area contributed by atoms with E-state index in [4.69, 9.17) is 0 Å². The average molecular weight is 469 g/mol. The summed E-state index contributed by atoms with van der Waals surface area (Å²) in [5, 5.41) is 11.2. The van der Waals surface area contributed by atoms with Gasteiger partial charge in [0.25, 0.3) is 0 Å². The number of rotatable bonds is 6. The number of carbonyl (C=O) groups excluding carboxylic acids is 1. The second-order valence-electron chi connectivity index (χ2n) is 7.07. The van der Waals surface area contributed by atoms with Crippen molar-refractivity contribution in [2.75, 3.05) is 11.1 Å². The molecule has 6 nitrogen and oxygen atoms in total. The number of hydrogen-bond donors (Lipinski definition) is 1. The lowest BCUT2D eigenvalue weighted by Crippen LogP contribution is -2.18. The van der Waals surface area contributed by atoms with Crippen molar-refractivity contribution >= 4 is 23.4 Å². The number of thioether (sulfide) groups is 1. The Kier molecular flexibility index (Phi) is 6.45. The Labute approximate surface area is 191 Å². The van der Waals surface area contributed by atoms with E-state index < -0.39 is 17.6 Å². The van der Waals surface area contributed by atoms with Crippen molar-refractivity contribution in [2.24, 2.45) is 0 Å². The number of nitrogens with zero attached hydrogens (tertiary/aromatic N) is 4. The van der Waals surface area contributed by atoms with E-state index in [0.717, 1.165) is 29.1 Å². The van der Waals surface area contributed by atoms with Crippen molar-refractivity contribution in [1.82, 2.24) is 19.7 Å². The molecule has 0 radical (unpaired) electrons. The fourth-order valence-corrected chi connectivity index (χ4v) is 3.86. The highest BCUT2D eigenvalue weighted by atomic mass is 32.2. The van der Waals surface area contributed by atoms with Gasteiger partial charge in [0.15, 0.2) is 11.0 Å². The van der Waals surface area contributed by atoms with Crippen LogP contribution in [0.3, 0.4) is 0 Å². The third kappa shape index (κ3) is 5.23. The molecular formula is C23H18F3N5OS. The fourth-order valence-electron chi connectivity index (χ4n) is 3.11. The second kappa shape index (κ2) is 9.45. The molecule has 10 heteroatoms. The maximum atomic E-state index is 13.2. The first-order valence-electron chi connectivity index (χ1n) is 9.85. The van der Waals surface area contributed by atoms with E-state index >= 15 is 0 Å². The Morgan fingerprint density at radius 1 is 1.00 bits per heavy atom. The van der Waals surface area contributed by atoms with Gasteiger partial charge in [-0.3, -0.25) is 14.3 Å². The Morgan fingerprint density at radius 2 is 1.73 bits per heavy atom. The molecule has 0 spiro atoms. The first-order valence-corrected chi connectivity index (χ1v) is 10.8. The van der Waals surface area contributed by atoms with Crippen LogP contribution in [0.1, 0.15) is 11.1 Å². The van der Waals surface area contributed by atoms with E-state index in [9.17, 15) is 18.0 Å². The third-order valence-corrected chi connectivity index (χ3v) is 5.59. The van der Waals surface area contributed by atoms with E-state index in [-0.39, 0.29) is 11.4 Å². The molecule has 0 aliphatic heterocycles. The first kappa shape index (κ1) is 22.5. The molecule has 0 saturated heterocycles. The summed E-state index contributed by atoms with van der Waals surface area (Å²) in [6, 6.07) is 17.9. The summed E-state index contributed by atoms with van der Waals surface area (Å²) >= 11 is 1.07. The monoisotopic (exact) mass is 469 g/mol. The van der Waals surface area contributed by atoms with Gasteiger partial charge in [-0.15, -0.1) is 10.2 Å². The molecular weight excluding hydrogens is 451 g/mol. The SMILES string of the molecule is Cc1ccc(-n2c(SCC(=O)Nc3ccccc3C(F)(F)F)nnc2-c2ccccn2)cc1. The predicted molar refractivity (Wildman–Crippen MR) is 120 cm³/mol. The molecule has 0 saturated carbocycles. The Bertz CT molecular complexity index is 1260. The summed E-state index contributed by atoms with van der Waals surface area (Å²) < 4.78 is 41.4. The van der Waals surface area contributed by atoms with E-state index in [1.807, 2.05) is 37.3 Å². The van der Waals surface area contributed by atoms with Gasteiger partial charge in [-0.05, 0) is 43.3 Å². The van der Waals surface area contributed by atoms with Crippen molar-refractivity contribution in [3.05, 3.63) is 84.1 Å². The molecule has 168 valence electrons. The zero-order valence-electron chi connectivity index (χ0n) is 17.4. The van der Waals surface area contributed by atoms with Gasteiger partial charge >= 0.3 is 6.18 Å². The highest BCUT2D eigenvalue weighted by molar-refractivity contribution is 7.99. The molecule has 0 aliphatic rings. The zero-order chi connectivity index (χ0) is 23.4. The number of para-hydroxylation sites is 1. The number of anilines is 1. The number of amides is 1. The number of benzene rings is 2. The van der Waals surface area contributed by atoms with Gasteiger partial charge < -0.3 is 5.32 Å². The first-order chi connectivity index (χ1) is 15.8. The average Bonchev–Trinajstić information content (AvgIpc) is 3.22. The zero-order valence-corrected chi connectivity index (χ0v) is 18.2. The van der Waals surface area contributed by atoms with Gasteiger partial charge in [-0.1, -0.05) is 47.7 Å². The predicted octanol–water partition coefficient (Wildman–Crippen LogP) is 5.39. The largest absolute Gasteiger partial charge is 0.418 e. The second-order valence-corrected chi connectivity index (χ2v) is 8.01. The summed E-state index contributed by atoms with van der Waals surface area (Å²) in [6.07, 6.45) is -2.93. The third-order valence-electron chi connectivity index (χ3n) is 4.66. The molecule has 0 unspecified atom stereocenters. The summed E-state index contributed by atoms with van der Waals surface area (Å²) in [5.41, 5.74) is 1.26. The minimum absolute atomic E-state index is 0.154. The lowest BCUT2D eigenvalue weighted by molar-refractivity contribution is -0.137. The molecule has 4 aromatic rings. The van der Waals surface area contributed by atoms with Gasteiger partial charge in [0.2, 0.25) is 5.91 Å². The molecule has 0 fully saturated rings. The van der Waals surface area contributed by atoms with Crippen LogP contribution in [0, 0.1) is 6.92 Å². The van der Waals surface area contributed by atoms with Crippen LogP contribution in [-0.4, -0.2) is 31.4 Å². The number of halogens is 3. The standard InChI is InChI=1S/C23H18F3N5OS/c1-15-9-11-16(12-10-15)31-21(19-8-4-5-13-27-19)29-30-22(31)33-14-20(32)28-18-7-3-2-6-17(18)23(24,25)26/h2-13H,14H2,1H3,(H,28,32). The smallest absolute Gasteiger partial charge is 0.325 e. The lowest BCUT2D eigenvalue weighted by Gasteiger charge is -2.13. The normalized spacial score (nSPS) is 11.4. The van der Waals surface area contributed by atoms with Crippen LogP contribution < -0.4 is 5.32 Å². The van der Waals surface area contributed by atoms with E-state index in [0.29, 0.717) is 16.7 Å². The van der Waals surface area contributed by atoms with E-state index in [2.05, 4.69) is 20.5 Å². The highest BCUT2D eigenvalue weighted by Gasteiger charge is 2.33. The molecule has 1 amide bonds. The van der Waals surface area contributed by atoms with E-state index in [1.54, 1.807) is 22.9 Å². The van der Waals surface area contributed by atoms with Crippen molar-refractivity contribution in [3.63, 3.8) is 0 Å². The number of nitrogens with one attached hydrogen (secondary N) is 1. The lowest BCUT2D eigenvalue weighted by atomic mass is 10.1. The maximum absolute atomic E-state index is 13.2. The molecule has 0 atom stereocenters. The van der Waals surface area contributed by atoms with Gasteiger partial charge in [0.05, 0.1) is 17.0 Å². The van der Waals surface area contributed by atoms with Crippen LogP contribution in [0.15, 0.2) is 78.1 Å². The number of carbonyl (C=O) groups is 1. The fraction of sp³-hybridized carbons (Fsp3) is 0.130.